The Morgan fingerprint density at radius 2 is 1.75 bits per heavy atom. The van der Waals surface area contributed by atoms with Crippen molar-refractivity contribution in [1.82, 2.24) is 25.9 Å². The van der Waals surface area contributed by atoms with Crippen molar-refractivity contribution >= 4 is 35.0 Å². The van der Waals surface area contributed by atoms with Crippen molar-refractivity contribution in [1.29, 1.82) is 0 Å². The predicted molar refractivity (Wildman–Crippen MR) is 142 cm³/mol. The van der Waals surface area contributed by atoms with Gasteiger partial charge in [0.15, 0.2) is 5.69 Å². The normalized spacial score (nSPS) is 11.4. The monoisotopic (exact) mass is 508 g/mol. The van der Waals surface area contributed by atoms with Gasteiger partial charge in [0.2, 0.25) is 0 Å². The van der Waals surface area contributed by atoms with E-state index >= 15 is 0 Å². The quantitative estimate of drug-likeness (QED) is 0.278. The minimum absolute atomic E-state index is 0.0936. The Bertz CT molecular complexity index is 1160. The van der Waals surface area contributed by atoms with Crippen LogP contribution in [0.1, 0.15) is 71.8 Å². The minimum atomic E-state index is -0.383. The summed E-state index contributed by atoms with van der Waals surface area (Å²) >= 11 is 1.14. The van der Waals surface area contributed by atoms with Gasteiger partial charge in [0.05, 0.1) is 6.04 Å². The van der Waals surface area contributed by atoms with Gasteiger partial charge in [-0.1, -0.05) is 50.6 Å². The third kappa shape index (κ3) is 7.11. The number of unbranched alkanes of at least 4 members (excludes halogenated alkanes) is 1. The van der Waals surface area contributed by atoms with E-state index in [0.29, 0.717) is 35.9 Å². The highest BCUT2D eigenvalue weighted by Gasteiger charge is 2.26. The first-order valence-corrected chi connectivity index (χ1v) is 12.9. The molecule has 3 rings (SSSR count). The molecule has 190 valence electrons. The summed E-state index contributed by atoms with van der Waals surface area (Å²) in [7, 11) is 0. The molecule has 1 atom stereocenters. The maximum absolute atomic E-state index is 13.3. The number of nitrogens with one attached hydrogen (secondary N) is 4. The van der Waals surface area contributed by atoms with Crippen molar-refractivity contribution in [2.24, 2.45) is 0 Å². The summed E-state index contributed by atoms with van der Waals surface area (Å²) in [4.78, 5) is 47.0. The molecule has 0 bridgehead atoms. The number of benzene rings is 1. The average molecular weight is 509 g/mol. The van der Waals surface area contributed by atoms with E-state index < -0.39 is 0 Å². The van der Waals surface area contributed by atoms with Gasteiger partial charge in [0, 0.05) is 24.8 Å². The Morgan fingerprint density at radius 1 is 0.972 bits per heavy atom. The Morgan fingerprint density at radius 3 is 2.39 bits per heavy atom. The Hall–Kier alpha value is -3.79. The third-order valence-electron chi connectivity index (χ3n) is 5.37. The van der Waals surface area contributed by atoms with Gasteiger partial charge in [0.1, 0.15) is 15.7 Å². The molecular formula is C26H32N6O3S. The SMILES string of the molecule is CCCCNC(=O)c1nc(-c2ccc(NC(=O)NCC)nc2)sc1C(=O)NC(CC)c1ccccc1. The zero-order chi connectivity index (χ0) is 25.9. The standard InChI is InChI=1S/C26H32N6O3S/c1-4-7-15-28-23(33)21-22(24(34)30-19(5-2)17-11-9-8-10-12-17)36-25(32-21)18-13-14-20(29-16-18)31-26(35)27-6-3/h8-14,16,19H,4-7,15H2,1-3H3,(H,28,33)(H,30,34)(H2,27,29,31,35). The van der Waals surface area contributed by atoms with Crippen molar-refractivity contribution in [3.63, 3.8) is 0 Å². The third-order valence-corrected chi connectivity index (χ3v) is 6.47. The van der Waals surface area contributed by atoms with E-state index in [0.717, 1.165) is 29.7 Å². The number of carbonyl (C=O) groups is 3. The van der Waals surface area contributed by atoms with Crippen LogP contribution in [-0.4, -0.2) is 40.9 Å². The molecule has 3 aromatic rings. The van der Waals surface area contributed by atoms with Crippen LogP contribution in [0.15, 0.2) is 48.7 Å². The summed E-state index contributed by atoms with van der Waals surface area (Å²) in [5.74, 6) is -0.352. The fourth-order valence-electron chi connectivity index (χ4n) is 3.46. The fraction of sp³-hybridized carbons (Fsp3) is 0.346. The molecule has 4 amide bonds. The molecule has 0 spiro atoms. The lowest BCUT2D eigenvalue weighted by Crippen LogP contribution is -2.31. The topological polar surface area (TPSA) is 125 Å². The number of amides is 4. The van der Waals surface area contributed by atoms with Gasteiger partial charge in [-0.25, -0.2) is 14.8 Å². The molecule has 1 unspecified atom stereocenters. The number of carbonyl (C=O) groups excluding carboxylic acids is 3. The number of rotatable bonds is 11. The largest absolute Gasteiger partial charge is 0.351 e. The molecule has 0 aliphatic rings. The molecule has 4 N–H and O–H groups in total. The van der Waals surface area contributed by atoms with Crippen LogP contribution in [0.5, 0.6) is 0 Å². The number of aromatic nitrogens is 2. The average Bonchev–Trinajstić information content (AvgIpc) is 3.34. The molecule has 36 heavy (non-hydrogen) atoms. The van der Waals surface area contributed by atoms with Crippen LogP contribution in [0.25, 0.3) is 10.6 Å². The number of thiazole rings is 1. The number of anilines is 1. The van der Waals surface area contributed by atoms with Gasteiger partial charge in [0.25, 0.3) is 11.8 Å². The van der Waals surface area contributed by atoms with E-state index in [9.17, 15) is 14.4 Å². The zero-order valence-corrected chi connectivity index (χ0v) is 21.6. The minimum Gasteiger partial charge on any atom is -0.351 e. The Balaban J connectivity index is 1.87. The van der Waals surface area contributed by atoms with Crippen LogP contribution in [0.4, 0.5) is 10.6 Å². The molecule has 10 heteroatoms. The van der Waals surface area contributed by atoms with Crippen LogP contribution in [0, 0.1) is 0 Å². The lowest BCUT2D eigenvalue weighted by Gasteiger charge is -2.17. The van der Waals surface area contributed by atoms with E-state index in [2.05, 4.69) is 31.2 Å². The summed E-state index contributed by atoms with van der Waals surface area (Å²) in [6, 6.07) is 12.6. The maximum atomic E-state index is 13.3. The second-order valence-corrected chi connectivity index (χ2v) is 9.07. The molecule has 0 saturated carbocycles. The zero-order valence-electron chi connectivity index (χ0n) is 20.8. The van der Waals surface area contributed by atoms with Gasteiger partial charge in [-0.2, -0.15) is 0 Å². The molecule has 0 radical (unpaired) electrons. The van der Waals surface area contributed by atoms with Crippen molar-refractivity contribution in [3.8, 4) is 10.6 Å². The summed E-state index contributed by atoms with van der Waals surface area (Å²) < 4.78 is 0. The smallest absolute Gasteiger partial charge is 0.320 e. The van der Waals surface area contributed by atoms with Gasteiger partial charge in [-0.3, -0.25) is 14.9 Å². The first-order chi connectivity index (χ1) is 17.5. The molecule has 0 aliphatic heterocycles. The first-order valence-electron chi connectivity index (χ1n) is 12.1. The molecule has 0 aliphatic carbocycles. The van der Waals surface area contributed by atoms with Gasteiger partial charge in [-0.05, 0) is 37.5 Å². The van der Waals surface area contributed by atoms with E-state index in [1.54, 1.807) is 18.3 Å². The Labute approximate surface area is 215 Å². The molecular weight excluding hydrogens is 476 g/mol. The molecule has 0 saturated heterocycles. The van der Waals surface area contributed by atoms with E-state index in [4.69, 9.17) is 0 Å². The van der Waals surface area contributed by atoms with Gasteiger partial charge < -0.3 is 16.0 Å². The van der Waals surface area contributed by atoms with Crippen LogP contribution in [0.3, 0.4) is 0 Å². The van der Waals surface area contributed by atoms with E-state index in [-0.39, 0.29) is 34.5 Å². The summed E-state index contributed by atoms with van der Waals surface area (Å²) in [6.45, 7) is 6.87. The number of pyridine rings is 1. The van der Waals surface area contributed by atoms with Crippen molar-refractivity contribution in [2.75, 3.05) is 18.4 Å². The second-order valence-electron chi connectivity index (χ2n) is 8.07. The first kappa shape index (κ1) is 26.8. The number of hydrogen-bond acceptors (Lipinski definition) is 6. The second kappa shape index (κ2) is 13.3. The van der Waals surface area contributed by atoms with E-state index in [1.165, 1.54) is 0 Å². The highest BCUT2D eigenvalue weighted by molar-refractivity contribution is 7.17. The molecule has 2 heterocycles. The molecule has 2 aromatic heterocycles. The van der Waals surface area contributed by atoms with Crippen LogP contribution >= 0.6 is 11.3 Å². The molecule has 0 fully saturated rings. The fourth-order valence-corrected chi connectivity index (χ4v) is 4.41. The van der Waals surface area contributed by atoms with Crippen LogP contribution < -0.4 is 21.3 Å². The Kier molecular flexibility index (Phi) is 9.93. The number of hydrogen-bond donors (Lipinski definition) is 4. The molecule has 9 nitrogen and oxygen atoms in total. The number of urea groups is 1. The lowest BCUT2D eigenvalue weighted by atomic mass is 10.0. The van der Waals surface area contributed by atoms with Crippen molar-refractivity contribution in [2.45, 2.75) is 46.1 Å². The predicted octanol–water partition coefficient (Wildman–Crippen LogP) is 4.76. The van der Waals surface area contributed by atoms with Gasteiger partial charge >= 0.3 is 6.03 Å². The summed E-state index contributed by atoms with van der Waals surface area (Å²) in [5, 5.41) is 11.7. The number of nitrogens with zero attached hydrogens (tertiary/aromatic N) is 2. The van der Waals surface area contributed by atoms with Crippen molar-refractivity contribution in [3.05, 3.63) is 64.8 Å². The van der Waals surface area contributed by atoms with E-state index in [1.807, 2.05) is 51.1 Å². The van der Waals surface area contributed by atoms with Crippen LogP contribution in [0.2, 0.25) is 0 Å². The maximum Gasteiger partial charge on any atom is 0.320 e. The van der Waals surface area contributed by atoms with Crippen molar-refractivity contribution < 1.29 is 14.4 Å². The summed E-state index contributed by atoms with van der Waals surface area (Å²) in [5.41, 5.74) is 1.72. The molecule has 1 aromatic carbocycles. The highest BCUT2D eigenvalue weighted by atomic mass is 32.1. The highest BCUT2D eigenvalue weighted by Crippen LogP contribution is 2.29. The van der Waals surface area contributed by atoms with Crippen LogP contribution in [-0.2, 0) is 0 Å². The lowest BCUT2D eigenvalue weighted by molar-refractivity contribution is 0.0909. The summed E-state index contributed by atoms with van der Waals surface area (Å²) in [6.07, 6.45) is 4.02. The van der Waals surface area contributed by atoms with Gasteiger partial charge in [-0.15, -0.1) is 11.3 Å².